The predicted molar refractivity (Wildman–Crippen MR) is 62.2 cm³/mol. The summed E-state index contributed by atoms with van der Waals surface area (Å²) < 4.78 is 5.51. The zero-order valence-corrected chi connectivity index (χ0v) is 9.71. The first-order valence-electron chi connectivity index (χ1n) is 5.81. The summed E-state index contributed by atoms with van der Waals surface area (Å²) in [7, 11) is 0. The van der Waals surface area contributed by atoms with Gasteiger partial charge in [-0.3, -0.25) is 0 Å². The molecule has 1 aliphatic heterocycles. The Bertz CT molecular complexity index is 499. The molecule has 3 rings (SSSR count). The van der Waals surface area contributed by atoms with Crippen LogP contribution in [0.3, 0.4) is 0 Å². The summed E-state index contributed by atoms with van der Waals surface area (Å²) in [5.41, 5.74) is 2.21. The molecule has 1 aliphatic rings. The Morgan fingerprint density at radius 2 is 2.12 bits per heavy atom. The number of nitrogens with zero attached hydrogens (tertiary/aromatic N) is 4. The SMILES string of the molecule is Cc1ccc(-c2nnn(C3CCCO3)n2)cc1. The molecule has 17 heavy (non-hydrogen) atoms. The fraction of sp³-hybridized carbons (Fsp3) is 0.417. The van der Waals surface area contributed by atoms with Crippen LogP contribution in [0, 0.1) is 6.92 Å². The van der Waals surface area contributed by atoms with Gasteiger partial charge in [0.2, 0.25) is 5.82 Å². The Morgan fingerprint density at radius 3 is 2.82 bits per heavy atom. The van der Waals surface area contributed by atoms with Crippen molar-refractivity contribution in [3.63, 3.8) is 0 Å². The monoisotopic (exact) mass is 230 g/mol. The number of ether oxygens (including phenoxy) is 1. The highest BCUT2D eigenvalue weighted by atomic mass is 16.5. The molecular formula is C12H14N4O. The van der Waals surface area contributed by atoms with E-state index in [1.165, 1.54) is 5.56 Å². The van der Waals surface area contributed by atoms with Gasteiger partial charge in [0.05, 0.1) is 0 Å². The molecule has 5 nitrogen and oxygen atoms in total. The largest absolute Gasteiger partial charge is 0.355 e. The van der Waals surface area contributed by atoms with Gasteiger partial charge in [-0.25, -0.2) is 0 Å². The average Bonchev–Trinajstić information content (AvgIpc) is 3.00. The number of hydrogen-bond acceptors (Lipinski definition) is 4. The van der Waals surface area contributed by atoms with Crippen LogP contribution in [0.5, 0.6) is 0 Å². The molecule has 5 heteroatoms. The number of aryl methyl sites for hydroxylation is 1. The van der Waals surface area contributed by atoms with E-state index >= 15 is 0 Å². The van der Waals surface area contributed by atoms with Gasteiger partial charge in [-0.05, 0) is 25.0 Å². The molecule has 0 saturated carbocycles. The standard InChI is InChI=1S/C12H14N4O/c1-9-4-6-10(7-5-9)12-13-15-16(14-12)11-3-2-8-17-11/h4-7,11H,2-3,8H2,1H3. The van der Waals surface area contributed by atoms with Gasteiger partial charge in [-0.2, -0.15) is 0 Å². The number of tetrazole rings is 1. The van der Waals surface area contributed by atoms with Crippen molar-refractivity contribution in [2.75, 3.05) is 6.61 Å². The van der Waals surface area contributed by atoms with E-state index in [0.29, 0.717) is 5.82 Å². The van der Waals surface area contributed by atoms with Crippen molar-refractivity contribution in [2.45, 2.75) is 26.0 Å². The first-order chi connectivity index (χ1) is 8.33. The average molecular weight is 230 g/mol. The fourth-order valence-corrected chi connectivity index (χ4v) is 1.91. The van der Waals surface area contributed by atoms with E-state index in [4.69, 9.17) is 4.74 Å². The normalized spacial score (nSPS) is 19.7. The van der Waals surface area contributed by atoms with Crippen molar-refractivity contribution in [3.05, 3.63) is 29.8 Å². The van der Waals surface area contributed by atoms with Gasteiger partial charge in [0, 0.05) is 12.2 Å². The molecule has 2 heterocycles. The third kappa shape index (κ3) is 2.06. The van der Waals surface area contributed by atoms with Gasteiger partial charge in [0.1, 0.15) is 0 Å². The fourth-order valence-electron chi connectivity index (χ4n) is 1.91. The second kappa shape index (κ2) is 4.25. The summed E-state index contributed by atoms with van der Waals surface area (Å²) in [6, 6.07) is 8.10. The number of aromatic nitrogens is 4. The molecule has 0 amide bonds. The highest BCUT2D eigenvalue weighted by molar-refractivity contribution is 5.53. The lowest BCUT2D eigenvalue weighted by atomic mass is 10.1. The third-order valence-corrected chi connectivity index (χ3v) is 2.90. The lowest BCUT2D eigenvalue weighted by Crippen LogP contribution is -2.10. The summed E-state index contributed by atoms with van der Waals surface area (Å²) >= 11 is 0. The molecule has 0 radical (unpaired) electrons. The van der Waals surface area contributed by atoms with Gasteiger partial charge in [-0.1, -0.05) is 29.8 Å². The summed E-state index contributed by atoms with van der Waals surface area (Å²) in [6.07, 6.45) is 1.98. The molecule has 0 N–H and O–H groups in total. The topological polar surface area (TPSA) is 52.8 Å². The van der Waals surface area contributed by atoms with Gasteiger partial charge in [0.15, 0.2) is 6.23 Å². The van der Waals surface area contributed by atoms with Crippen molar-refractivity contribution in [1.29, 1.82) is 0 Å². The van der Waals surface area contributed by atoms with Crippen LogP contribution in [0.1, 0.15) is 24.6 Å². The van der Waals surface area contributed by atoms with E-state index in [1.807, 2.05) is 24.3 Å². The van der Waals surface area contributed by atoms with Crippen LogP contribution in [0.15, 0.2) is 24.3 Å². The van der Waals surface area contributed by atoms with E-state index in [-0.39, 0.29) is 6.23 Å². The molecule has 0 aliphatic carbocycles. The maximum Gasteiger partial charge on any atom is 0.205 e. The number of hydrogen-bond donors (Lipinski definition) is 0. The second-order valence-corrected chi connectivity index (χ2v) is 4.27. The van der Waals surface area contributed by atoms with Crippen LogP contribution in [0.2, 0.25) is 0 Å². The van der Waals surface area contributed by atoms with Crippen LogP contribution in [-0.4, -0.2) is 26.8 Å². The molecular weight excluding hydrogens is 216 g/mol. The van der Waals surface area contributed by atoms with Crippen LogP contribution in [0.4, 0.5) is 0 Å². The van der Waals surface area contributed by atoms with E-state index in [1.54, 1.807) is 4.80 Å². The Hall–Kier alpha value is -1.75. The van der Waals surface area contributed by atoms with Crippen molar-refractivity contribution in [2.24, 2.45) is 0 Å². The first kappa shape index (κ1) is 10.4. The molecule has 0 bridgehead atoms. The minimum absolute atomic E-state index is 0.0401. The highest BCUT2D eigenvalue weighted by Gasteiger charge is 2.20. The summed E-state index contributed by atoms with van der Waals surface area (Å²) in [6.45, 7) is 2.84. The molecule has 1 fully saturated rings. The van der Waals surface area contributed by atoms with Crippen molar-refractivity contribution in [1.82, 2.24) is 20.2 Å². The van der Waals surface area contributed by atoms with Crippen LogP contribution < -0.4 is 0 Å². The van der Waals surface area contributed by atoms with E-state index < -0.39 is 0 Å². The minimum Gasteiger partial charge on any atom is -0.355 e. The molecule has 1 unspecified atom stereocenters. The lowest BCUT2D eigenvalue weighted by Gasteiger charge is -2.05. The van der Waals surface area contributed by atoms with Gasteiger partial charge < -0.3 is 4.74 Å². The zero-order valence-electron chi connectivity index (χ0n) is 9.71. The first-order valence-corrected chi connectivity index (χ1v) is 5.81. The number of benzene rings is 1. The van der Waals surface area contributed by atoms with Crippen molar-refractivity contribution in [3.8, 4) is 11.4 Å². The smallest absolute Gasteiger partial charge is 0.205 e. The molecule has 1 aromatic heterocycles. The van der Waals surface area contributed by atoms with Crippen molar-refractivity contribution >= 4 is 0 Å². The van der Waals surface area contributed by atoms with Crippen LogP contribution >= 0.6 is 0 Å². The van der Waals surface area contributed by atoms with Crippen molar-refractivity contribution < 1.29 is 4.74 Å². The summed E-state index contributed by atoms with van der Waals surface area (Å²) in [5, 5.41) is 12.5. The molecule has 0 spiro atoms. The Kier molecular flexibility index (Phi) is 2.60. The molecule has 1 saturated heterocycles. The van der Waals surface area contributed by atoms with Gasteiger partial charge in [-0.15, -0.1) is 15.0 Å². The Labute approximate surface area is 99.4 Å². The molecule has 1 atom stereocenters. The second-order valence-electron chi connectivity index (χ2n) is 4.27. The molecule has 88 valence electrons. The summed E-state index contributed by atoms with van der Waals surface area (Å²) in [4.78, 5) is 1.57. The Balaban J connectivity index is 1.86. The third-order valence-electron chi connectivity index (χ3n) is 2.90. The van der Waals surface area contributed by atoms with Crippen LogP contribution in [0.25, 0.3) is 11.4 Å². The van der Waals surface area contributed by atoms with E-state index in [2.05, 4.69) is 22.3 Å². The lowest BCUT2D eigenvalue weighted by molar-refractivity contribution is 0.0342. The van der Waals surface area contributed by atoms with Gasteiger partial charge in [0.25, 0.3) is 0 Å². The molecule has 1 aromatic carbocycles. The number of rotatable bonds is 2. The summed E-state index contributed by atoms with van der Waals surface area (Å²) in [5.74, 6) is 0.653. The maximum atomic E-state index is 5.51. The zero-order chi connectivity index (χ0) is 11.7. The predicted octanol–water partition coefficient (Wildman–Crippen LogP) is 1.96. The Morgan fingerprint density at radius 1 is 1.29 bits per heavy atom. The minimum atomic E-state index is -0.0401. The highest BCUT2D eigenvalue weighted by Crippen LogP contribution is 2.22. The van der Waals surface area contributed by atoms with E-state index in [0.717, 1.165) is 25.0 Å². The van der Waals surface area contributed by atoms with Crippen LogP contribution in [-0.2, 0) is 4.74 Å². The quantitative estimate of drug-likeness (QED) is 0.791. The maximum absolute atomic E-state index is 5.51. The van der Waals surface area contributed by atoms with E-state index in [9.17, 15) is 0 Å². The molecule has 2 aromatic rings. The van der Waals surface area contributed by atoms with Gasteiger partial charge >= 0.3 is 0 Å².